The number of fused-ring (bicyclic) bond motifs is 1. The van der Waals surface area contributed by atoms with Crippen LogP contribution >= 0.6 is 0 Å². The van der Waals surface area contributed by atoms with Gasteiger partial charge in [0.2, 0.25) is 0 Å². The van der Waals surface area contributed by atoms with Crippen LogP contribution < -0.4 is 10.2 Å². The molecule has 0 bridgehead atoms. The average Bonchev–Trinajstić information content (AvgIpc) is 3.22. The highest BCUT2D eigenvalue weighted by molar-refractivity contribution is 6.02. The number of amides is 1. The number of carbonyl (C=O) groups is 1. The maximum absolute atomic E-state index is 13.4. The van der Waals surface area contributed by atoms with E-state index in [-0.39, 0.29) is 18.1 Å². The molecule has 0 aliphatic carbocycles. The summed E-state index contributed by atoms with van der Waals surface area (Å²) in [6.07, 6.45) is 2.01. The Labute approximate surface area is 141 Å². The second-order valence-electron chi connectivity index (χ2n) is 5.75. The van der Waals surface area contributed by atoms with Crippen LogP contribution in [-0.4, -0.2) is 44.8 Å². The van der Waals surface area contributed by atoms with Crippen LogP contribution in [-0.2, 0) is 0 Å². The first-order valence-electron chi connectivity index (χ1n) is 7.77. The van der Waals surface area contributed by atoms with E-state index in [1.54, 1.807) is 12.1 Å². The van der Waals surface area contributed by atoms with E-state index in [1.165, 1.54) is 22.8 Å². The molecule has 0 aromatic carbocycles. The first-order valence-corrected chi connectivity index (χ1v) is 7.77. The van der Waals surface area contributed by atoms with Crippen molar-refractivity contribution in [2.75, 3.05) is 23.3 Å². The van der Waals surface area contributed by atoms with Crippen molar-refractivity contribution in [1.82, 2.24) is 19.6 Å². The fourth-order valence-corrected chi connectivity index (χ4v) is 2.74. The number of aromatic nitrogens is 4. The first kappa shape index (κ1) is 15.4. The summed E-state index contributed by atoms with van der Waals surface area (Å²) >= 11 is 0. The van der Waals surface area contributed by atoms with Crippen molar-refractivity contribution >= 4 is 23.2 Å². The number of hydrogen-bond acceptors (Lipinski definition) is 5. The van der Waals surface area contributed by atoms with Gasteiger partial charge in [-0.1, -0.05) is 0 Å². The topological polar surface area (TPSA) is 75.4 Å². The van der Waals surface area contributed by atoms with Gasteiger partial charge in [-0.3, -0.25) is 4.79 Å². The number of carbonyl (C=O) groups excluding carboxylic acids is 1. The van der Waals surface area contributed by atoms with Gasteiger partial charge in [-0.05, 0) is 30.7 Å². The van der Waals surface area contributed by atoms with Crippen molar-refractivity contribution in [3.63, 3.8) is 0 Å². The third-order valence-corrected chi connectivity index (χ3v) is 4.00. The van der Waals surface area contributed by atoms with Crippen LogP contribution in [0.15, 0.2) is 36.7 Å². The molecular weight excluding hydrogens is 330 g/mol. The molecule has 1 aliphatic rings. The van der Waals surface area contributed by atoms with E-state index >= 15 is 0 Å². The molecule has 0 radical (unpaired) electrons. The fourth-order valence-electron chi connectivity index (χ4n) is 2.74. The van der Waals surface area contributed by atoms with Crippen LogP contribution in [0.2, 0.25) is 0 Å². The van der Waals surface area contributed by atoms with Crippen LogP contribution in [0.25, 0.3) is 5.65 Å². The standard InChI is InChI=1S/C16H14F2N6O/c17-10-1-2-13(19-7-10)21-16(25)12-8-20-14-3-4-15(22-24(12)14)23-6-5-11(18)9-23/h1-4,7-8,11H,5-6,9H2,(H,19,21,25). The number of imidazole rings is 1. The highest BCUT2D eigenvalue weighted by atomic mass is 19.1. The Bertz CT molecular complexity index is 926. The summed E-state index contributed by atoms with van der Waals surface area (Å²) in [4.78, 5) is 22.2. The number of hydrogen-bond donors (Lipinski definition) is 1. The number of nitrogens with one attached hydrogen (secondary N) is 1. The molecule has 1 fully saturated rings. The fraction of sp³-hybridized carbons (Fsp3) is 0.250. The average molecular weight is 344 g/mol. The Morgan fingerprint density at radius 2 is 2.08 bits per heavy atom. The van der Waals surface area contributed by atoms with Crippen molar-refractivity contribution < 1.29 is 13.6 Å². The van der Waals surface area contributed by atoms with Crippen LogP contribution in [0.4, 0.5) is 20.4 Å². The Kier molecular flexibility index (Phi) is 3.75. The molecule has 1 saturated heterocycles. The summed E-state index contributed by atoms with van der Waals surface area (Å²) in [5, 5.41) is 6.97. The van der Waals surface area contributed by atoms with Gasteiger partial charge >= 0.3 is 0 Å². The predicted octanol–water partition coefficient (Wildman–Crippen LogP) is 2.06. The molecule has 1 N–H and O–H groups in total. The van der Waals surface area contributed by atoms with Gasteiger partial charge in [0.25, 0.3) is 5.91 Å². The van der Waals surface area contributed by atoms with Gasteiger partial charge in [-0.2, -0.15) is 0 Å². The van der Waals surface area contributed by atoms with Crippen LogP contribution in [0.1, 0.15) is 16.9 Å². The number of rotatable bonds is 3. The zero-order valence-electron chi connectivity index (χ0n) is 13.1. The number of halogens is 2. The minimum Gasteiger partial charge on any atom is -0.352 e. The minimum atomic E-state index is -0.868. The lowest BCUT2D eigenvalue weighted by Crippen LogP contribution is -2.23. The predicted molar refractivity (Wildman–Crippen MR) is 86.9 cm³/mol. The zero-order valence-corrected chi connectivity index (χ0v) is 13.1. The van der Waals surface area contributed by atoms with Gasteiger partial charge in [0, 0.05) is 6.54 Å². The third-order valence-electron chi connectivity index (χ3n) is 4.00. The maximum Gasteiger partial charge on any atom is 0.277 e. The van der Waals surface area contributed by atoms with Crippen molar-refractivity contribution in [3.8, 4) is 0 Å². The normalized spacial score (nSPS) is 17.2. The molecule has 25 heavy (non-hydrogen) atoms. The lowest BCUT2D eigenvalue weighted by Gasteiger charge is -2.16. The van der Waals surface area contributed by atoms with Gasteiger partial charge in [-0.25, -0.2) is 23.3 Å². The Balaban J connectivity index is 1.62. The Morgan fingerprint density at radius 3 is 2.80 bits per heavy atom. The van der Waals surface area contributed by atoms with E-state index in [0.29, 0.717) is 24.4 Å². The molecule has 7 nitrogen and oxygen atoms in total. The number of alkyl halides is 1. The number of nitrogens with zero attached hydrogens (tertiary/aromatic N) is 5. The molecule has 128 valence electrons. The van der Waals surface area contributed by atoms with Crippen LogP contribution in [0, 0.1) is 5.82 Å². The second kappa shape index (κ2) is 6.08. The Hall–Kier alpha value is -3.10. The molecule has 1 aliphatic heterocycles. The molecule has 4 heterocycles. The quantitative estimate of drug-likeness (QED) is 0.787. The van der Waals surface area contributed by atoms with Crippen molar-refractivity contribution in [1.29, 1.82) is 0 Å². The van der Waals surface area contributed by atoms with Gasteiger partial charge in [-0.15, -0.1) is 5.10 Å². The third kappa shape index (κ3) is 3.00. The molecule has 0 saturated carbocycles. The van der Waals surface area contributed by atoms with Gasteiger partial charge < -0.3 is 10.2 Å². The smallest absolute Gasteiger partial charge is 0.277 e. The highest BCUT2D eigenvalue weighted by Gasteiger charge is 2.24. The van der Waals surface area contributed by atoms with Gasteiger partial charge in [0.15, 0.2) is 11.3 Å². The van der Waals surface area contributed by atoms with Crippen LogP contribution in [0.5, 0.6) is 0 Å². The number of pyridine rings is 1. The lowest BCUT2D eigenvalue weighted by molar-refractivity contribution is 0.102. The van der Waals surface area contributed by atoms with Crippen molar-refractivity contribution in [2.45, 2.75) is 12.6 Å². The molecule has 1 unspecified atom stereocenters. The van der Waals surface area contributed by atoms with E-state index in [2.05, 4.69) is 20.4 Å². The first-order chi connectivity index (χ1) is 12.1. The molecule has 1 amide bonds. The second-order valence-corrected chi connectivity index (χ2v) is 5.75. The van der Waals surface area contributed by atoms with E-state index in [4.69, 9.17) is 0 Å². The molecular formula is C16H14F2N6O. The van der Waals surface area contributed by atoms with E-state index in [9.17, 15) is 13.6 Å². The van der Waals surface area contributed by atoms with Gasteiger partial charge in [0.05, 0.1) is 18.9 Å². The van der Waals surface area contributed by atoms with E-state index in [0.717, 1.165) is 6.20 Å². The molecule has 3 aromatic heterocycles. The largest absolute Gasteiger partial charge is 0.352 e. The van der Waals surface area contributed by atoms with Gasteiger partial charge in [0.1, 0.15) is 23.6 Å². The molecule has 9 heteroatoms. The summed E-state index contributed by atoms with van der Waals surface area (Å²) in [5.41, 5.74) is 0.705. The summed E-state index contributed by atoms with van der Waals surface area (Å²) in [6, 6.07) is 6.04. The SMILES string of the molecule is O=C(Nc1ccc(F)cn1)c1cnc2ccc(N3CCC(F)C3)nn12. The molecule has 0 spiro atoms. The Morgan fingerprint density at radius 1 is 1.20 bits per heavy atom. The van der Waals surface area contributed by atoms with E-state index < -0.39 is 17.9 Å². The highest BCUT2D eigenvalue weighted by Crippen LogP contribution is 2.20. The summed E-state index contributed by atoms with van der Waals surface area (Å²) in [6.45, 7) is 0.865. The van der Waals surface area contributed by atoms with E-state index in [1.807, 2.05) is 4.90 Å². The zero-order chi connectivity index (χ0) is 17.4. The van der Waals surface area contributed by atoms with Crippen molar-refractivity contribution in [3.05, 3.63) is 48.2 Å². The van der Waals surface area contributed by atoms with Crippen LogP contribution in [0.3, 0.4) is 0 Å². The molecule has 1 atom stereocenters. The summed E-state index contributed by atoms with van der Waals surface area (Å²) < 4.78 is 27.7. The summed E-state index contributed by atoms with van der Waals surface area (Å²) in [7, 11) is 0. The lowest BCUT2D eigenvalue weighted by atomic mass is 10.3. The minimum absolute atomic E-state index is 0.207. The molecule has 4 rings (SSSR count). The molecule has 3 aromatic rings. The van der Waals surface area contributed by atoms with Crippen molar-refractivity contribution in [2.24, 2.45) is 0 Å². The monoisotopic (exact) mass is 344 g/mol. The number of anilines is 2. The maximum atomic E-state index is 13.4. The summed E-state index contributed by atoms with van der Waals surface area (Å²) in [5.74, 6) is -0.158.